The van der Waals surface area contributed by atoms with Crippen LogP contribution in [-0.4, -0.2) is 14.5 Å². The molecule has 0 amide bonds. The van der Waals surface area contributed by atoms with Crippen molar-refractivity contribution >= 4 is 53.3 Å². The van der Waals surface area contributed by atoms with E-state index in [1.54, 1.807) is 0 Å². The van der Waals surface area contributed by atoms with Crippen LogP contribution in [-0.2, 0) is 0 Å². The molecule has 0 radical (unpaired) electrons. The van der Waals surface area contributed by atoms with Gasteiger partial charge < -0.3 is 4.57 Å². The Morgan fingerprint density at radius 3 is 1.98 bits per heavy atom. The van der Waals surface area contributed by atoms with Crippen LogP contribution in [0.4, 0.5) is 0 Å². The molecule has 44 heavy (non-hydrogen) atoms. The second-order valence-electron chi connectivity index (χ2n) is 11.0. The minimum Gasteiger partial charge on any atom is -0.309 e. The van der Waals surface area contributed by atoms with E-state index in [-0.39, 0.29) is 0 Å². The van der Waals surface area contributed by atoms with E-state index in [9.17, 15) is 0 Å². The van der Waals surface area contributed by atoms with Gasteiger partial charge in [0.1, 0.15) is 0 Å². The van der Waals surface area contributed by atoms with Gasteiger partial charge in [-0.15, -0.1) is 11.3 Å². The molecule has 0 bridgehead atoms. The van der Waals surface area contributed by atoms with Gasteiger partial charge >= 0.3 is 0 Å². The average Bonchev–Trinajstić information content (AvgIpc) is 3.65. The van der Waals surface area contributed by atoms with Gasteiger partial charge in [0.2, 0.25) is 0 Å². The lowest BCUT2D eigenvalue weighted by molar-refractivity contribution is 1.17. The SMILES string of the molecule is c1ccc(-c2cc(-c3cccc4c3sc3ccccc34)nc(-c3cccc4c3c3ccccc3n4-c3ccccc3)n2)cc1. The van der Waals surface area contributed by atoms with Gasteiger partial charge in [0.25, 0.3) is 0 Å². The number of fused-ring (bicyclic) bond motifs is 6. The smallest absolute Gasteiger partial charge is 0.161 e. The van der Waals surface area contributed by atoms with Crippen LogP contribution in [0.25, 0.3) is 81.6 Å². The third-order valence-corrected chi connectivity index (χ3v) is 9.65. The van der Waals surface area contributed by atoms with E-state index in [2.05, 4.69) is 150 Å². The summed E-state index contributed by atoms with van der Waals surface area (Å²) in [7, 11) is 0. The fraction of sp³-hybridized carbons (Fsp3) is 0. The van der Waals surface area contributed by atoms with Gasteiger partial charge in [0, 0.05) is 53.3 Å². The number of rotatable bonds is 4. The highest BCUT2D eigenvalue weighted by Gasteiger charge is 2.20. The third-order valence-electron chi connectivity index (χ3n) is 8.43. The first-order valence-corrected chi connectivity index (χ1v) is 15.6. The lowest BCUT2D eigenvalue weighted by Gasteiger charge is -2.11. The van der Waals surface area contributed by atoms with Crippen molar-refractivity contribution in [2.24, 2.45) is 0 Å². The minimum atomic E-state index is 0.723. The van der Waals surface area contributed by atoms with Gasteiger partial charge in [0.15, 0.2) is 5.82 Å². The van der Waals surface area contributed by atoms with Gasteiger partial charge in [-0.3, -0.25) is 0 Å². The van der Waals surface area contributed by atoms with Crippen LogP contribution < -0.4 is 0 Å². The molecule has 0 fully saturated rings. The van der Waals surface area contributed by atoms with Crippen molar-refractivity contribution in [1.82, 2.24) is 14.5 Å². The second-order valence-corrected chi connectivity index (χ2v) is 12.0. The molecule has 6 aromatic carbocycles. The van der Waals surface area contributed by atoms with Crippen molar-refractivity contribution in [2.45, 2.75) is 0 Å². The Morgan fingerprint density at radius 2 is 1.11 bits per heavy atom. The van der Waals surface area contributed by atoms with Crippen molar-refractivity contribution in [3.05, 3.63) is 152 Å². The zero-order valence-electron chi connectivity index (χ0n) is 23.7. The fourth-order valence-corrected chi connectivity index (χ4v) is 7.70. The minimum absolute atomic E-state index is 0.723. The zero-order chi connectivity index (χ0) is 29.0. The predicted octanol–water partition coefficient (Wildman–Crippen LogP) is 10.9. The highest BCUT2D eigenvalue weighted by molar-refractivity contribution is 7.26. The van der Waals surface area contributed by atoms with Crippen molar-refractivity contribution in [3.8, 4) is 39.6 Å². The van der Waals surface area contributed by atoms with Crippen molar-refractivity contribution in [3.63, 3.8) is 0 Å². The summed E-state index contributed by atoms with van der Waals surface area (Å²) in [5.74, 6) is 0.723. The third kappa shape index (κ3) is 3.89. The number of hydrogen-bond donors (Lipinski definition) is 0. The Bertz CT molecular complexity index is 2490. The normalized spacial score (nSPS) is 11.6. The highest BCUT2D eigenvalue weighted by atomic mass is 32.1. The number of nitrogens with zero attached hydrogens (tertiary/aromatic N) is 3. The summed E-state index contributed by atoms with van der Waals surface area (Å²) < 4.78 is 4.87. The number of hydrogen-bond acceptors (Lipinski definition) is 3. The van der Waals surface area contributed by atoms with Crippen LogP contribution in [0.15, 0.2) is 152 Å². The summed E-state index contributed by atoms with van der Waals surface area (Å²) in [5, 5.41) is 4.88. The molecule has 4 heteroatoms. The summed E-state index contributed by atoms with van der Waals surface area (Å²) >= 11 is 1.83. The molecule has 3 nitrogen and oxygen atoms in total. The van der Waals surface area contributed by atoms with E-state index < -0.39 is 0 Å². The van der Waals surface area contributed by atoms with E-state index in [1.807, 2.05) is 17.4 Å². The first-order valence-electron chi connectivity index (χ1n) is 14.8. The molecule has 9 rings (SSSR count). The highest BCUT2D eigenvalue weighted by Crippen LogP contribution is 2.42. The lowest BCUT2D eigenvalue weighted by atomic mass is 10.0. The molecule has 0 saturated heterocycles. The summed E-state index contributed by atoms with van der Waals surface area (Å²) in [5.41, 5.74) is 8.49. The molecule has 0 saturated carbocycles. The Balaban J connectivity index is 1.35. The summed E-state index contributed by atoms with van der Waals surface area (Å²) in [4.78, 5) is 10.6. The monoisotopic (exact) mass is 579 g/mol. The largest absolute Gasteiger partial charge is 0.309 e. The number of benzene rings is 6. The Labute approximate surface area is 258 Å². The Hall–Kier alpha value is -5.58. The summed E-state index contributed by atoms with van der Waals surface area (Å²) in [6.45, 7) is 0. The van der Waals surface area contributed by atoms with Crippen molar-refractivity contribution < 1.29 is 0 Å². The van der Waals surface area contributed by atoms with E-state index in [0.29, 0.717) is 0 Å². The van der Waals surface area contributed by atoms with E-state index in [0.717, 1.165) is 56.0 Å². The molecular weight excluding hydrogens is 555 g/mol. The molecule has 3 aromatic heterocycles. The van der Waals surface area contributed by atoms with Crippen LogP contribution in [0.2, 0.25) is 0 Å². The van der Waals surface area contributed by atoms with Crippen LogP contribution in [0.3, 0.4) is 0 Å². The molecule has 9 aromatic rings. The Morgan fingerprint density at radius 1 is 0.477 bits per heavy atom. The zero-order valence-corrected chi connectivity index (χ0v) is 24.5. The predicted molar refractivity (Wildman–Crippen MR) is 186 cm³/mol. The van der Waals surface area contributed by atoms with Gasteiger partial charge in [-0.25, -0.2) is 9.97 Å². The van der Waals surface area contributed by atoms with Crippen LogP contribution in [0.5, 0.6) is 0 Å². The lowest BCUT2D eigenvalue weighted by Crippen LogP contribution is -1.97. The maximum Gasteiger partial charge on any atom is 0.161 e. The molecule has 0 atom stereocenters. The summed E-state index contributed by atoms with van der Waals surface area (Å²) in [6.07, 6.45) is 0. The van der Waals surface area contributed by atoms with E-state index >= 15 is 0 Å². The van der Waals surface area contributed by atoms with Crippen LogP contribution in [0, 0.1) is 0 Å². The fourth-order valence-electron chi connectivity index (χ4n) is 6.47. The number of para-hydroxylation sites is 2. The molecule has 206 valence electrons. The molecule has 0 aliphatic heterocycles. The van der Waals surface area contributed by atoms with Gasteiger partial charge in [-0.1, -0.05) is 115 Å². The number of thiophene rings is 1. The van der Waals surface area contributed by atoms with Crippen molar-refractivity contribution in [1.29, 1.82) is 0 Å². The average molecular weight is 580 g/mol. The topological polar surface area (TPSA) is 30.7 Å². The first kappa shape index (κ1) is 25.0. The Kier molecular flexibility index (Phi) is 5.68. The van der Waals surface area contributed by atoms with Crippen LogP contribution in [0.1, 0.15) is 0 Å². The standard InChI is InChI=1S/C40H25N3S/c1-3-13-26(14-4-1)33-25-34(30-20-11-19-29-28-17-8-10-24-37(28)44-39(29)30)42-40(41-33)32-21-12-23-36-38(32)31-18-7-9-22-35(31)43(36)27-15-5-2-6-16-27/h1-25H. The van der Waals surface area contributed by atoms with Gasteiger partial charge in [-0.05, 0) is 36.4 Å². The molecule has 0 unspecified atom stereocenters. The molecule has 0 spiro atoms. The number of aromatic nitrogens is 3. The second kappa shape index (κ2) is 10.0. The molecule has 0 aliphatic carbocycles. The maximum atomic E-state index is 5.34. The van der Waals surface area contributed by atoms with E-state index in [4.69, 9.17) is 9.97 Å². The molecule has 0 aliphatic rings. The molecule has 3 heterocycles. The quantitative estimate of drug-likeness (QED) is 0.208. The summed E-state index contributed by atoms with van der Waals surface area (Å²) in [6, 6.07) is 53.5. The van der Waals surface area contributed by atoms with E-state index in [1.165, 1.54) is 25.6 Å². The molecular formula is C40H25N3S. The van der Waals surface area contributed by atoms with Crippen molar-refractivity contribution in [2.75, 3.05) is 0 Å². The van der Waals surface area contributed by atoms with Gasteiger partial charge in [0.05, 0.1) is 22.4 Å². The maximum absolute atomic E-state index is 5.34. The first-order chi connectivity index (χ1) is 21.8. The molecule has 0 N–H and O–H groups in total. The van der Waals surface area contributed by atoms with Crippen LogP contribution >= 0.6 is 11.3 Å². The van der Waals surface area contributed by atoms with Gasteiger partial charge in [-0.2, -0.15) is 0 Å².